The van der Waals surface area contributed by atoms with Crippen LogP contribution < -0.4 is 10.2 Å². The molecule has 0 spiro atoms. The number of pyridine rings is 1. The lowest BCUT2D eigenvalue weighted by molar-refractivity contribution is 0.0919. The van der Waals surface area contributed by atoms with E-state index in [0.717, 1.165) is 44.1 Å². The van der Waals surface area contributed by atoms with Gasteiger partial charge in [-0.3, -0.25) is 4.79 Å². The molecule has 0 atom stereocenters. The number of anilines is 1. The highest BCUT2D eigenvalue weighted by atomic mass is 16.1. The van der Waals surface area contributed by atoms with E-state index in [-0.39, 0.29) is 11.4 Å². The van der Waals surface area contributed by atoms with E-state index in [4.69, 9.17) is 0 Å². The molecule has 1 N–H and O–H groups in total. The van der Waals surface area contributed by atoms with Crippen LogP contribution in [0.1, 0.15) is 49.5 Å². The smallest absolute Gasteiger partial charge is 0.251 e. The zero-order valence-corrected chi connectivity index (χ0v) is 16.0. The van der Waals surface area contributed by atoms with Crippen molar-refractivity contribution in [1.82, 2.24) is 10.3 Å². The van der Waals surface area contributed by atoms with Gasteiger partial charge >= 0.3 is 0 Å². The van der Waals surface area contributed by atoms with Gasteiger partial charge in [-0.05, 0) is 63.6 Å². The number of hydrogen-bond donors (Lipinski definition) is 1. The molecule has 4 nitrogen and oxygen atoms in total. The third-order valence-corrected chi connectivity index (χ3v) is 4.80. The minimum absolute atomic E-state index is 0.0416. The van der Waals surface area contributed by atoms with E-state index in [2.05, 4.69) is 45.5 Å². The zero-order valence-electron chi connectivity index (χ0n) is 16.0. The first kappa shape index (κ1) is 18.4. The maximum atomic E-state index is 12.4. The van der Waals surface area contributed by atoms with Crippen LogP contribution in [0.3, 0.4) is 0 Å². The summed E-state index contributed by atoms with van der Waals surface area (Å²) in [6, 6.07) is 14.4. The van der Waals surface area contributed by atoms with E-state index < -0.39 is 0 Å². The van der Waals surface area contributed by atoms with Gasteiger partial charge < -0.3 is 10.2 Å². The summed E-state index contributed by atoms with van der Waals surface area (Å²) in [6.07, 6.45) is 5.21. The average Bonchev–Trinajstić information content (AvgIpc) is 2.62. The van der Waals surface area contributed by atoms with E-state index in [1.165, 1.54) is 5.56 Å². The molecule has 1 aliphatic rings. The Hall–Kier alpha value is -2.36. The van der Waals surface area contributed by atoms with Gasteiger partial charge in [0.05, 0.1) is 0 Å². The van der Waals surface area contributed by atoms with Gasteiger partial charge in [0.15, 0.2) is 0 Å². The summed E-state index contributed by atoms with van der Waals surface area (Å²) in [7, 11) is 0. The highest BCUT2D eigenvalue weighted by Gasteiger charge is 2.22. The quantitative estimate of drug-likeness (QED) is 0.903. The van der Waals surface area contributed by atoms with Gasteiger partial charge in [-0.2, -0.15) is 0 Å². The predicted octanol–water partition coefficient (Wildman–Crippen LogP) is 4.07. The molecule has 26 heavy (non-hydrogen) atoms. The predicted molar refractivity (Wildman–Crippen MR) is 107 cm³/mol. The van der Waals surface area contributed by atoms with Crippen molar-refractivity contribution in [2.45, 2.75) is 45.6 Å². The molecule has 3 rings (SSSR count). The van der Waals surface area contributed by atoms with Crippen molar-refractivity contribution in [1.29, 1.82) is 0 Å². The van der Waals surface area contributed by atoms with Crippen LogP contribution in [0, 0.1) is 5.92 Å². The summed E-state index contributed by atoms with van der Waals surface area (Å²) in [6.45, 7) is 7.96. The SMILES string of the molecule is CC(C)(C)NC(=O)c1ccnc(N2CCC(Cc3ccccc3)CC2)c1. The highest BCUT2D eigenvalue weighted by Crippen LogP contribution is 2.25. The number of piperidine rings is 1. The fourth-order valence-corrected chi connectivity index (χ4v) is 3.46. The van der Waals surface area contributed by atoms with Crippen molar-refractivity contribution in [3.8, 4) is 0 Å². The molecule has 1 aromatic carbocycles. The van der Waals surface area contributed by atoms with E-state index in [9.17, 15) is 4.79 Å². The van der Waals surface area contributed by atoms with Crippen LogP contribution in [0.15, 0.2) is 48.7 Å². The monoisotopic (exact) mass is 351 g/mol. The molecular weight excluding hydrogens is 322 g/mol. The van der Waals surface area contributed by atoms with Crippen LogP contribution in [0.5, 0.6) is 0 Å². The van der Waals surface area contributed by atoms with Gasteiger partial charge in [-0.1, -0.05) is 30.3 Å². The first-order chi connectivity index (χ1) is 12.4. The number of nitrogens with one attached hydrogen (secondary N) is 1. The van der Waals surface area contributed by atoms with Crippen LogP contribution in [0.2, 0.25) is 0 Å². The van der Waals surface area contributed by atoms with Gasteiger partial charge in [-0.15, -0.1) is 0 Å². The van der Waals surface area contributed by atoms with Crippen LogP contribution in [0.4, 0.5) is 5.82 Å². The second-order valence-corrected chi connectivity index (χ2v) is 8.23. The summed E-state index contributed by atoms with van der Waals surface area (Å²) in [4.78, 5) is 19.2. The minimum Gasteiger partial charge on any atom is -0.357 e. The van der Waals surface area contributed by atoms with E-state index in [1.807, 2.05) is 26.8 Å². The number of amides is 1. The Morgan fingerprint density at radius 2 is 1.85 bits per heavy atom. The number of hydrogen-bond acceptors (Lipinski definition) is 3. The van der Waals surface area contributed by atoms with Gasteiger partial charge in [0, 0.05) is 30.4 Å². The van der Waals surface area contributed by atoms with Crippen molar-refractivity contribution in [2.75, 3.05) is 18.0 Å². The number of nitrogens with zero attached hydrogens (tertiary/aromatic N) is 2. The minimum atomic E-state index is -0.240. The molecule has 1 fully saturated rings. The number of rotatable bonds is 4. The van der Waals surface area contributed by atoms with Crippen LogP contribution in [-0.4, -0.2) is 29.5 Å². The molecule has 2 heterocycles. The summed E-state index contributed by atoms with van der Waals surface area (Å²) in [5.74, 6) is 1.59. The van der Waals surface area contributed by atoms with Crippen LogP contribution in [0.25, 0.3) is 0 Å². The Kier molecular flexibility index (Phi) is 5.60. The van der Waals surface area contributed by atoms with Crippen LogP contribution >= 0.6 is 0 Å². The molecule has 0 aliphatic carbocycles. The average molecular weight is 351 g/mol. The highest BCUT2D eigenvalue weighted by molar-refractivity contribution is 5.95. The molecule has 138 valence electrons. The molecular formula is C22H29N3O. The molecule has 0 radical (unpaired) electrons. The Labute approximate surface area is 156 Å². The van der Waals surface area contributed by atoms with Crippen molar-refractivity contribution in [2.24, 2.45) is 5.92 Å². The summed E-state index contributed by atoms with van der Waals surface area (Å²) >= 11 is 0. The molecule has 1 aliphatic heterocycles. The largest absolute Gasteiger partial charge is 0.357 e. The Balaban J connectivity index is 1.59. The maximum absolute atomic E-state index is 12.4. The maximum Gasteiger partial charge on any atom is 0.251 e. The van der Waals surface area contributed by atoms with Crippen molar-refractivity contribution in [3.63, 3.8) is 0 Å². The van der Waals surface area contributed by atoms with Gasteiger partial charge in [0.25, 0.3) is 5.91 Å². The van der Waals surface area contributed by atoms with Gasteiger partial charge in [0.2, 0.25) is 0 Å². The normalized spacial score (nSPS) is 15.7. The zero-order chi connectivity index (χ0) is 18.6. The van der Waals surface area contributed by atoms with E-state index >= 15 is 0 Å². The third-order valence-electron chi connectivity index (χ3n) is 4.80. The summed E-state index contributed by atoms with van der Waals surface area (Å²) < 4.78 is 0. The second-order valence-electron chi connectivity index (χ2n) is 8.23. The molecule has 1 aromatic heterocycles. The lowest BCUT2D eigenvalue weighted by Crippen LogP contribution is -2.40. The topological polar surface area (TPSA) is 45.2 Å². The standard InChI is InChI=1S/C22H29N3O/c1-22(2,3)24-21(26)19-9-12-23-20(16-19)25-13-10-18(11-14-25)15-17-7-5-4-6-8-17/h4-9,12,16,18H,10-11,13-15H2,1-3H3,(H,24,26). The summed E-state index contributed by atoms with van der Waals surface area (Å²) in [5.41, 5.74) is 1.86. The van der Waals surface area contributed by atoms with E-state index in [1.54, 1.807) is 12.3 Å². The lowest BCUT2D eigenvalue weighted by atomic mass is 9.90. The van der Waals surface area contributed by atoms with E-state index in [0.29, 0.717) is 5.56 Å². The fourth-order valence-electron chi connectivity index (χ4n) is 3.46. The number of aromatic nitrogens is 1. The lowest BCUT2D eigenvalue weighted by Gasteiger charge is -2.33. The molecule has 0 bridgehead atoms. The first-order valence-corrected chi connectivity index (χ1v) is 9.48. The number of carbonyl (C=O) groups is 1. The molecule has 1 saturated heterocycles. The number of benzene rings is 1. The Morgan fingerprint density at radius 1 is 1.15 bits per heavy atom. The van der Waals surface area contributed by atoms with Gasteiger partial charge in [0.1, 0.15) is 5.82 Å². The molecule has 0 unspecified atom stereocenters. The van der Waals surface area contributed by atoms with Crippen molar-refractivity contribution >= 4 is 11.7 Å². The molecule has 4 heteroatoms. The molecule has 2 aromatic rings. The number of carbonyl (C=O) groups excluding carboxylic acids is 1. The van der Waals surface area contributed by atoms with Crippen molar-refractivity contribution in [3.05, 3.63) is 59.8 Å². The molecule has 0 saturated carbocycles. The second kappa shape index (κ2) is 7.90. The first-order valence-electron chi connectivity index (χ1n) is 9.48. The van der Waals surface area contributed by atoms with Gasteiger partial charge in [-0.25, -0.2) is 4.98 Å². The Bertz CT molecular complexity index is 729. The third kappa shape index (κ3) is 5.07. The van der Waals surface area contributed by atoms with Crippen LogP contribution in [-0.2, 0) is 6.42 Å². The Morgan fingerprint density at radius 3 is 2.50 bits per heavy atom. The molecule has 1 amide bonds. The summed E-state index contributed by atoms with van der Waals surface area (Å²) in [5, 5.41) is 3.01. The van der Waals surface area contributed by atoms with Crippen molar-refractivity contribution < 1.29 is 4.79 Å². The fraction of sp³-hybridized carbons (Fsp3) is 0.455.